The Kier molecular flexibility index (Phi) is 4.67. The molecular weight excluding hydrogens is 336 g/mol. The Balaban J connectivity index is 1.51. The van der Waals surface area contributed by atoms with Gasteiger partial charge in [-0.1, -0.05) is 18.2 Å². The fraction of sp³-hybridized carbons (Fsp3) is 0.273. The van der Waals surface area contributed by atoms with Crippen molar-refractivity contribution in [3.05, 3.63) is 77.1 Å². The van der Waals surface area contributed by atoms with Crippen molar-refractivity contribution in [1.82, 2.24) is 15.1 Å². The van der Waals surface area contributed by atoms with Crippen LogP contribution in [0.25, 0.3) is 5.69 Å². The normalized spacial score (nSPS) is 12.7. The number of anilines is 1. The Morgan fingerprint density at radius 1 is 1.07 bits per heavy atom. The van der Waals surface area contributed by atoms with E-state index in [1.807, 2.05) is 66.1 Å². The third kappa shape index (κ3) is 3.45. The van der Waals surface area contributed by atoms with Crippen molar-refractivity contribution in [2.45, 2.75) is 25.8 Å². The summed E-state index contributed by atoms with van der Waals surface area (Å²) in [5, 5.41) is 7.83. The van der Waals surface area contributed by atoms with E-state index in [4.69, 9.17) is 5.10 Å². The molecule has 2 aromatic carbocycles. The highest BCUT2D eigenvalue weighted by Gasteiger charge is 2.23. The molecule has 1 aliphatic rings. The van der Waals surface area contributed by atoms with Crippen LogP contribution in [0.4, 0.5) is 5.69 Å². The first-order chi connectivity index (χ1) is 13.1. The number of benzene rings is 2. The molecule has 5 heteroatoms. The van der Waals surface area contributed by atoms with Gasteiger partial charge in [-0.05, 0) is 61.2 Å². The Labute approximate surface area is 159 Å². The Bertz CT molecular complexity index is 942. The zero-order valence-corrected chi connectivity index (χ0v) is 15.8. The predicted octanol–water partition coefficient (Wildman–Crippen LogP) is 3.36. The largest absolute Gasteiger partial charge is 0.378 e. The van der Waals surface area contributed by atoms with Crippen LogP contribution in [-0.4, -0.2) is 29.8 Å². The molecule has 5 nitrogen and oxygen atoms in total. The van der Waals surface area contributed by atoms with Crippen LogP contribution in [0.3, 0.4) is 0 Å². The average molecular weight is 360 g/mol. The van der Waals surface area contributed by atoms with E-state index in [1.165, 1.54) is 11.3 Å². The van der Waals surface area contributed by atoms with E-state index in [0.29, 0.717) is 12.1 Å². The molecule has 3 aromatic rings. The van der Waals surface area contributed by atoms with E-state index in [1.54, 1.807) is 0 Å². The molecule has 1 N–H and O–H groups in total. The predicted molar refractivity (Wildman–Crippen MR) is 108 cm³/mol. The summed E-state index contributed by atoms with van der Waals surface area (Å²) in [5.74, 6) is -0.0682. The van der Waals surface area contributed by atoms with Gasteiger partial charge in [0.25, 0.3) is 5.91 Å². The number of hydrogen-bond donors (Lipinski definition) is 1. The van der Waals surface area contributed by atoms with E-state index in [-0.39, 0.29) is 5.91 Å². The zero-order valence-electron chi connectivity index (χ0n) is 15.8. The number of nitrogens with zero attached hydrogens (tertiary/aromatic N) is 3. The summed E-state index contributed by atoms with van der Waals surface area (Å²) in [6, 6.07) is 17.8. The SMILES string of the molecule is CN(C)c1ccc(C(=O)NCc2nn(-c3ccccc3)c3c2CCC3)cc1. The highest BCUT2D eigenvalue weighted by Crippen LogP contribution is 2.27. The lowest BCUT2D eigenvalue weighted by Crippen LogP contribution is -2.23. The van der Waals surface area contributed by atoms with Crippen LogP contribution >= 0.6 is 0 Å². The highest BCUT2D eigenvalue weighted by molar-refractivity contribution is 5.94. The third-order valence-corrected chi connectivity index (χ3v) is 5.08. The lowest BCUT2D eigenvalue weighted by molar-refractivity contribution is 0.0950. The van der Waals surface area contributed by atoms with Crippen molar-refractivity contribution in [1.29, 1.82) is 0 Å². The van der Waals surface area contributed by atoms with Gasteiger partial charge in [0.2, 0.25) is 0 Å². The summed E-state index contributed by atoms with van der Waals surface area (Å²) in [6.07, 6.45) is 3.22. The minimum absolute atomic E-state index is 0.0682. The summed E-state index contributed by atoms with van der Waals surface area (Å²) in [4.78, 5) is 14.5. The molecule has 1 aromatic heterocycles. The van der Waals surface area contributed by atoms with Gasteiger partial charge in [0.15, 0.2) is 0 Å². The number of rotatable bonds is 5. The van der Waals surface area contributed by atoms with E-state index in [0.717, 1.165) is 36.3 Å². The van der Waals surface area contributed by atoms with Crippen LogP contribution in [0.5, 0.6) is 0 Å². The van der Waals surface area contributed by atoms with Crippen molar-refractivity contribution in [3.63, 3.8) is 0 Å². The highest BCUT2D eigenvalue weighted by atomic mass is 16.1. The fourth-order valence-electron chi connectivity index (χ4n) is 3.62. The van der Waals surface area contributed by atoms with Crippen molar-refractivity contribution >= 4 is 11.6 Å². The van der Waals surface area contributed by atoms with Crippen LogP contribution in [-0.2, 0) is 19.4 Å². The van der Waals surface area contributed by atoms with E-state index >= 15 is 0 Å². The Morgan fingerprint density at radius 2 is 1.81 bits per heavy atom. The molecule has 0 bridgehead atoms. The van der Waals surface area contributed by atoms with Crippen molar-refractivity contribution in [3.8, 4) is 5.69 Å². The van der Waals surface area contributed by atoms with Gasteiger partial charge in [-0.2, -0.15) is 5.10 Å². The molecule has 0 saturated carbocycles. The average Bonchev–Trinajstić information content (AvgIpc) is 3.30. The number of carbonyl (C=O) groups excluding carboxylic acids is 1. The molecule has 0 fully saturated rings. The molecule has 1 heterocycles. The number of para-hydroxylation sites is 1. The zero-order chi connectivity index (χ0) is 18.8. The minimum Gasteiger partial charge on any atom is -0.378 e. The number of aromatic nitrogens is 2. The first-order valence-corrected chi connectivity index (χ1v) is 9.34. The minimum atomic E-state index is -0.0682. The van der Waals surface area contributed by atoms with Crippen LogP contribution in [0.2, 0.25) is 0 Å². The molecule has 0 saturated heterocycles. The maximum Gasteiger partial charge on any atom is 0.251 e. The van der Waals surface area contributed by atoms with Gasteiger partial charge in [-0.15, -0.1) is 0 Å². The van der Waals surface area contributed by atoms with E-state index in [2.05, 4.69) is 17.4 Å². The number of amides is 1. The number of fused-ring (bicyclic) bond motifs is 1. The van der Waals surface area contributed by atoms with E-state index < -0.39 is 0 Å². The van der Waals surface area contributed by atoms with E-state index in [9.17, 15) is 4.79 Å². The third-order valence-electron chi connectivity index (χ3n) is 5.08. The molecule has 27 heavy (non-hydrogen) atoms. The second-order valence-electron chi connectivity index (χ2n) is 7.10. The molecule has 0 atom stereocenters. The topological polar surface area (TPSA) is 50.2 Å². The lowest BCUT2D eigenvalue weighted by atomic mass is 10.1. The Morgan fingerprint density at radius 3 is 2.52 bits per heavy atom. The van der Waals surface area contributed by atoms with Gasteiger partial charge in [-0.3, -0.25) is 4.79 Å². The second-order valence-corrected chi connectivity index (χ2v) is 7.10. The maximum atomic E-state index is 12.5. The number of nitrogens with one attached hydrogen (secondary N) is 1. The molecule has 0 radical (unpaired) electrons. The monoisotopic (exact) mass is 360 g/mol. The van der Waals surface area contributed by atoms with Gasteiger partial charge in [0.1, 0.15) is 0 Å². The number of carbonyl (C=O) groups is 1. The molecule has 1 amide bonds. The maximum absolute atomic E-state index is 12.5. The smallest absolute Gasteiger partial charge is 0.251 e. The first kappa shape index (κ1) is 17.3. The molecule has 1 aliphatic carbocycles. The Hall–Kier alpha value is -3.08. The summed E-state index contributed by atoms with van der Waals surface area (Å²) >= 11 is 0. The summed E-state index contributed by atoms with van der Waals surface area (Å²) in [6.45, 7) is 0.455. The molecule has 0 unspecified atom stereocenters. The van der Waals surface area contributed by atoms with Gasteiger partial charge < -0.3 is 10.2 Å². The van der Waals surface area contributed by atoms with Gasteiger partial charge >= 0.3 is 0 Å². The van der Waals surface area contributed by atoms with Crippen LogP contribution in [0, 0.1) is 0 Å². The summed E-state index contributed by atoms with van der Waals surface area (Å²) in [5.41, 5.74) is 6.37. The molecule has 0 spiro atoms. The fourth-order valence-corrected chi connectivity index (χ4v) is 3.62. The van der Waals surface area contributed by atoms with Crippen molar-refractivity contribution < 1.29 is 4.79 Å². The number of hydrogen-bond acceptors (Lipinski definition) is 3. The summed E-state index contributed by atoms with van der Waals surface area (Å²) in [7, 11) is 3.97. The molecular formula is C22H24N4O. The van der Waals surface area contributed by atoms with Gasteiger partial charge in [0, 0.05) is 31.0 Å². The van der Waals surface area contributed by atoms with Gasteiger partial charge in [-0.25, -0.2) is 4.68 Å². The molecule has 138 valence electrons. The lowest BCUT2D eigenvalue weighted by Gasteiger charge is -2.12. The van der Waals surface area contributed by atoms with Gasteiger partial charge in [0.05, 0.1) is 17.9 Å². The molecule has 0 aliphatic heterocycles. The quantitative estimate of drug-likeness (QED) is 0.759. The summed E-state index contributed by atoms with van der Waals surface area (Å²) < 4.78 is 2.04. The van der Waals surface area contributed by atoms with Crippen LogP contribution in [0.1, 0.15) is 33.7 Å². The van der Waals surface area contributed by atoms with Crippen molar-refractivity contribution in [2.24, 2.45) is 0 Å². The first-order valence-electron chi connectivity index (χ1n) is 9.34. The van der Waals surface area contributed by atoms with Crippen LogP contribution < -0.4 is 10.2 Å². The second kappa shape index (κ2) is 7.27. The molecule has 4 rings (SSSR count). The van der Waals surface area contributed by atoms with Crippen molar-refractivity contribution in [2.75, 3.05) is 19.0 Å². The van der Waals surface area contributed by atoms with Crippen LogP contribution in [0.15, 0.2) is 54.6 Å². The standard InChI is InChI=1S/C22H24N4O/c1-25(2)17-13-11-16(12-14-17)22(27)23-15-20-19-9-6-10-21(19)26(24-20)18-7-4-3-5-8-18/h3-5,7-8,11-14H,6,9-10,15H2,1-2H3,(H,23,27).